The van der Waals surface area contributed by atoms with E-state index in [1.807, 2.05) is 18.2 Å². The second-order valence-corrected chi connectivity index (χ2v) is 5.38. The Morgan fingerprint density at radius 2 is 2.09 bits per heavy atom. The molecule has 0 radical (unpaired) electrons. The molecule has 4 heteroatoms. The number of aromatic nitrogens is 1. The number of hydrogen-bond donors (Lipinski definition) is 3. The van der Waals surface area contributed by atoms with Gasteiger partial charge >= 0.3 is 0 Å². The van der Waals surface area contributed by atoms with Gasteiger partial charge in [0.15, 0.2) is 0 Å². The zero-order valence-corrected chi connectivity index (χ0v) is 12.3. The minimum Gasteiger partial charge on any atom is -0.508 e. The van der Waals surface area contributed by atoms with Crippen LogP contribution in [-0.4, -0.2) is 10.1 Å². The fraction of sp³-hybridized carbons (Fsp3) is 0.167. The van der Waals surface area contributed by atoms with Crippen LogP contribution in [0.4, 0.5) is 0 Å². The molecule has 0 aliphatic heterocycles. The second kappa shape index (κ2) is 5.93. The largest absolute Gasteiger partial charge is 0.508 e. The molecule has 1 aliphatic rings. The summed E-state index contributed by atoms with van der Waals surface area (Å²) >= 11 is 0. The number of hydrogen-bond acceptors (Lipinski definition) is 4. The number of nitrogens with two attached hydrogens (primary N) is 1. The van der Waals surface area contributed by atoms with Crippen molar-refractivity contribution in [3.63, 3.8) is 0 Å². The van der Waals surface area contributed by atoms with Crippen molar-refractivity contribution in [3.8, 4) is 17.0 Å². The molecule has 1 aromatic heterocycles. The van der Waals surface area contributed by atoms with Gasteiger partial charge in [-0.3, -0.25) is 0 Å². The molecule has 3 rings (SSSR count). The van der Waals surface area contributed by atoms with Gasteiger partial charge in [0, 0.05) is 17.3 Å². The van der Waals surface area contributed by atoms with Crippen molar-refractivity contribution in [1.82, 2.24) is 10.3 Å². The van der Waals surface area contributed by atoms with Gasteiger partial charge in [-0.15, -0.1) is 0 Å². The van der Waals surface area contributed by atoms with E-state index in [0.717, 1.165) is 40.2 Å². The highest BCUT2D eigenvalue weighted by Gasteiger charge is 2.07. The predicted octanol–water partition coefficient (Wildman–Crippen LogP) is 1.33. The first-order valence-corrected chi connectivity index (χ1v) is 7.31. The Morgan fingerprint density at radius 3 is 2.86 bits per heavy atom. The van der Waals surface area contributed by atoms with Crippen LogP contribution < -0.4 is 21.6 Å². The topological polar surface area (TPSA) is 71.2 Å². The predicted molar refractivity (Wildman–Crippen MR) is 88.9 cm³/mol. The summed E-state index contributed by atoms with van der Waals surface area (Å²) in [6.07, 6.45) is 6.39. The number of aromatic hydroxyl groups is 1. The summed E-state index contributed by atoms with van der Waals surface area (Å²) in [4.78, 5) is 4.73. The lowest BCUT2D eigenvalue weighted by Gasteiger charge is -2.11. The zero-order chi connectivity index (χ0) is 15.5. The lowest BCUT2D eigenvalue weighted by molar-refractivity contribution is 0.475. The van der Waals surface area contributed by atoms with Gasteiger partial charge in [0.25, 0.3) is 0 Å². The number of fused-ring (bicyclic) bond motifs is 1. The lowest BCUT2D eigenvalue weighted by atomic mass is 10.0. The standard InChI is InChI=1S/C18H19N3O/c1-12(19)20-11-14-10-18(13-5-4-6-15(22)9-13)21-17-8-3-2-7-16(14)17/h4-10,20,22H,1-3,11,19H2. The van der Waals surface area contributed by atoms with Crippen LogP contribution in [0.15, 0.2) is 42.7 Å². The SMILES string of the molecule is C=C(N)NCc1cc(-c2cccc(O)c2)nc2c1=CCCC=2. The average molecular weight is 293 g/mol. The Labute approximate surface area is 129 Å². The molecule has 0 saturated heterocycles. The Morgan fingerprint density at radius 1 is 1.27 bits per heavy atom. The van der Waals surface area contributed by atoms with Crippen LogP contribution in [0.5, 0.6) is 5.75 Å². The Kier molecular flexibility index (Phi) is 3.83. The summed E-state index contributed by atoms with van der Waals surface area (Å²) in [5.41, 5.74) is 8.49. The van der Waals surface area contributed by atoms with E-state index in [2.05, 4.69) is 24.0 Å². The van der Waals surface area contributed by atoms with Gasteiger partial charge in [-0.25, -0.2) is 4.98 Å². The summed E-state index contributed by atoms with van der Waals surface area (Å²) in [6.45, 7) is 4.28. The molecule has 1 aromatic carbocycles. The zero-order valence-electron chi connectivity index (χ0n) is 12.3. The first-order valence-electron chi connectivity index (χ1n) is 7.31. The second-order valence-electron chi connectivity index (χ2n) is 5.38. The van der Waals surface area contributed by atoms with Crippen molar-refractivity contribution in [1.29, 1.82) is 0 Å². The molecule has 0 atom stereocenters. The number of rotatable bonds is 4. The molecular formula is C18H19N3O. The van der Waals surface area contributed by atoms with E-state index in [0.29, 0.717) is 12.4 Å². The van der Waals surface area contributed by atoms with Crippen molar-refractivity contribution in [2.75, 3.05) is 0 Å². The number of pyridine rings is 1. The molecule has 0 fully saturated rings. The van der Waals surface area contributed by atoms with Gasteiger partial charge < -0.3 is 16.2 Å². The molecule has 0 saturated carbocycles. The Balaban J connectivity index is 2.13. The van der Waals surface area contributed by atoms with E-state index < -0.39 is 0 Å². The van der Waals surface area contributed by atoms with E-state index in [1.54, 1.807) is 12.1 Å². The van der Waals surface area contributed by atoms with Crippen LogP contribution in [0.2, 0.25) is 0 Å². The van der Waals surface area contributed by atoms with Crippen molar-refractivity contribution >= 4 is 12.2 Å². The fourth-order valence-corrected chi connectivity index (χ4v) is 2.64. The number of benzene rings is 1. The summed E-state index contributed by atoms with van der Waals surface area (Å²) in [5.74, 6) is 0.687. The third-order valence-electron chi connectivity index (χ3n) is 3.67. The number of phenols is 1. The van der Waals surface area contributed by atoms with E-state index in [-0.39, 0.29) is 5.75 Å². The summed E-state index contributed by atoms with van der Waals surface area (Å²) < 4.78 is 0. The maximum Gasteiger partial charge on any atom is 0.116 e. The molecule has 4 N–H and O–H groups in total. The molecule has 1 heterocycles. The highest BCUT2D eigenvalue weighted by atomic mass is 16.3. The minimum absolute atomic E-state index is 0.238. The van der Waals surface area contributed by atoms with Gasteiger partial charge in [-0.2, -0.15) is 0 Å². The van der Waals surface area contributed by atoms with Crippen molar-refractivity contribution in [2.24, 2.45) is 5.73 Å². The number of nitrogens with one attached hydrogen (secondary N) is 1. The smallest absolute Gasteiger partial charge is 0.116 e. The van der Waals surface area contributed by atoms with Crippen molar-refractivity contribution in [3.05, 3.63) is 58.9 Å². The number of phenolic OH excluding ortho intramolecular Hbond substituents is 1. The Bertz CT molecular complexity index is 840. The quantitative estimate of drug-likeness (QED) is 0.795. The van der Waals surface area contributed by atoms with Crippen LogP contribution in [0.1, 0.15) is 18.4 Å². The fourth-order valence-electron chi connectivity index (χ4n) is 2.64. The van der Waals surface area contributed by atoms with Gasteiger partial charge in [-0.1, -0.05) is 30.9 Å². The van der Waals surface area contributed by atoms with E-state index in [9.17, 15) is 5.11 Å². The van der Waals surface area contributed by atoms with Gasteiger partial charge in [0.2, 0.25) is 0 Å². The molecule has 112 valence electrons. The minimum atomic E-state index is 0.238. The summed E-state index contributed by atoms with van der Waals surface area (Å²) in [5, 5.41) is 14.9. The van der Waals surface area contributed by atoms with E-state index >= 15 is 0 Å². The summed E-state index contributed by atoms with van der Waals surface area (Å²) in [6, 6.07) is 9.18. The van der Waals surface area contributed by atoms with Crippen molar-refractivity contribution in [2.45, 2.75) is 19.4 Å². The third-order valence-corrected chi connectivity index (χ3v) is 3.67. The molecular weight excluding hydrogens is 274 g/mol. The highest BCUT2D eigenvalue weighted by Crippen LogP contribution is 2.20. The molecule has 0 unspecified atom stereocenters. The maximum atomic E-state index is 9.68. The van der Waals surface area contributed by atoms with Gasteiger partial charge in [-0.05, 0) is 36.6 Å². The molecule has 2 aromatic rings. The monoisotopic (exact) mass is 293 g/mol. The van der Waals surface area contributed by atoms with Gasteiger partial charge in [0.05, 0.1) is 16.9 Å². The molecule has 0 bridgehead atoms. The van der Waals surface area contributed by atoms with Crippen LogP contribution in [0.25, 0.3) is 23.4 Å². The molecule has 1 aliphatic carbocycles. The van der Waals surface area contributed by atoms with Crippen LogP contribution in [0.3, 0.4) is 0 Å². The van der Waals surface area contributed by atoms with Crippen LogP contribution in [0, 0.1) is 0 Å². The van der Waals surface area contributed by atoms with Crippen molar-refractivity contribution < 1.29 is 5.11 Å². The maximum absolute atomic E-state index is 9.68. The van der Waals surface area contributed by atoms with E-state index in [1.165, 1.54) is 0 Å². The molecule has 0 amide bonds. The first-order chi connectivity index (χ1) is 10.6. The first kappa shape index (κ1) is 14.2. The summed E-state index contributed by atoms with van der Waals surface area (Å²) in [7, 11) is 0. The van der Waals surface area contributed by atoms with E-state index in [4.69, 9.17) is 10.7 Å². The lowest BCUT2D eigenvalue weighted by Crippen LogP contribution is -2.36. The average Bonchev–Trinajstić information content (AvgIpc) is 2.52. The molecule has 4 nitrogen and oxygen atoms in total. The Hall–Kier alpha value is -2.75. The normalized spacial score (nSPS) is 12.7. The van der Waals surface area contributed by atoms with Crippen LogP contribution >= 0.6 is 0 Å². The third kappa shape index (κ3) is 2.96. The number of nitrogens with zero attached hydrogens (tertiary/aromatic N) is 1. The molecule has 0 spiro atoms. The van der Waals surface area contributed by atoms with Crippen LogP contribution in [-0.2, 0) is 6.54 Å². The molecule has 22 heavy (non-hydrogen) atoms. The highest BCUT2D eigenvalue weighted by molar-refractivity contribution is 5.62. The van der Waals surface area contributed by atoms with Gasteiger partial charge in [0.1, 0.15) is 5.75 Å².